The first kappa shape index (κ1) is 20.3. The van der Waals surface area contributed by atoms with E-state index in [1.165, 1.54) is 5.69 Å². The molecular weight excluding hydrogens is 399 g/mol. The van der Waals surface area contributed by atoms with Gasteiger partial charge in [0, 0.05) is 38.6 Å². The number of fused-ring (bicyclic) bond motifs is 2. The van der Waals surface area contributed by atoms with Crippen LogP contribution in [0, 0.1) is 0 Å². The average Bonchev–Trinajstić information content (AvgIpc) is 3.39. The molecule has 1 N–H and O–H groups in total. The van der Waals surface area contributed by atoms with Gasteiger partial charge < -0.3 is 9.88 Å². The van der Waals surface area contributed by atoms with Crippen LogP contribution in [0.15, 0.2) is 42.7 Å². The van der Waals surface area contributed by atoms with E-state index in [4.69, 9.17) is 5.10 Å². The minimum Gasteiger partial charge on any atom is -0.330 e. The standard InChI is InChI=1S/C18H20N8.2ClH/c1-2-5-17-15(4-1)21-23-26(17)9-3-8-24-10-7-20-18(24)16-12-14-13-19-6-11-25(14)22-16;;/h1-2,4-5,7,10,12,19H,3,6,8-9,11,13H2;2*1H. The molecule has 1 aromatic carbocycles. The van der Waals surface area contributed by atoms with E-state index in [0.717, 1.165) is 61.7 Å². The maximum absolute atomic E-state index is 4.72. The zero-order valence-electron chi connectivity index (χ0n) is 15.2. The molecule has 4 aromatic rings. The van der Waals surface area contributed by atoms with Gasteiger partial charge in [-0.3, -0.25) is 4.68 Å². The van der Waals surface area contributed by atoms with Crippen LogP contribution in [0.3, 0.4) is 0 Å². The van der Waals surface area contributed by atoms with Crippen LogP contribution in [0.2, 0.25) is 0 Å². The van der Waals surface area contributed by atoms with Gasteiger partial charge in [0.2, 0.25) is 0 Å². The second-order valence-corrected chi connectivity index (χ2v) is 6.52. The van der Waals surface area contributed by atoms with Gasteiger partial charge in [-0.15, -0.1) is 29.9 Å². The highest BCUT2D eigenvalue weighted by molar-refractivity contribution is 5.85. The molecule has 0 atom stereocenters. The SMILES string of the molecule is Cl.Cl.c1ccc2c(c1)nnn2CCCn1ccnc1-c1cc2n(n1)CCNC2. The van der Waals surface area contributed by atoms with Crippen molar-refractivity contribution in [1.29, 1.82) is 0 Å². The third kappa shape index (κ3) is 3.76. The molecule has 148 valence electrons. The van der Waals surface area contributed by atoms with Crippen LogP contribution in [-0.4, -0.2) is 40.9 Å². The van der Waals surface area contributed by atoms with Crippen molar-refractivity contribution in [2.24, 2.45) is 0 Å². The van der Waals surface area contributed by atoms with E-state index in [0.29, 0.717) is 0 Å². The van der Waals surface area contributed by atoms with Gasteiger partial charge in [-0.2, -0.15) is 5.10 Å². The highest BCUT2D eigenvalue weighted by Gasteiger charge is 2.16. The molecule has 0 bridgehead atoms. The molecule has 8 nitrogen and oxygen atoms in total. The summed E-state index contributed by atoms with van der Waals surface area (Å²) in [4.78, 5) is 4.53. The van der Waals surface area contributed by atoms with Crippen LogP contribution in [0.1, 0.15) is 12.1 Å². The number of nitrogens with one attached hydrogen (secondary N) is 1. The molecule has 4 heterocycles. The second-order valence-electron chi connectivity index (χ2n) is 6.52. The molecule has 10 heteroatoms. The number of aryl methyl sites for hydroxylation is 2. The van der Waals surface area contributed by atoms with Gasteiger partial charge in [-0.05, 0) is 24.6 Å². The number of benzene rings is 1. The van der Waals surface area contributed by atoms with Crippen molar-refractivity contribution in [3.63, 3.8) is 0 Å². The number of imidazole rings is 1. The van der Waals surface area contributed by atoms with Crippen molar-refractivity contribution in [3.8, 4) is 11.5 Å². The lowest BCUT2D eigenvalue weighted by molar-refractivity contribution is 0.476. The van der Waals surface area contributed by atoms with Gasteiger partial charge in [0.15, 0.2) is 5.82 Å². The summed E-state index contributed by atoms with van der Waals surface area (Å²) < 4.78 is 6.21. The molecule has 0 saturated heterocycles. The van der Waals surface area contributed by atoms with Crippen molar-refractivity contribution in [2.45, 2.75) is 32.6 Å². The molecule has 1 aliphatic rings. The van der Waals surface area contributed by atoms with E-state index in [1.807, 2.05) is 35.3 Å². The smallest absolute Gasteiger partial charge is 0.160 e. The Balaban J connectivity index is 0.00000112. The fourth-order valence-corrected chi connectivity index (χ4v) is 3.50. The number of nitrogens with zero attached hydrogens (tertiary/aromatic N) is 7. The Morgan fingerprint density at radius 1 is 1.11 bits per heavy atom. The largest absolute Gasteiger partial charge is 0.330 e. The zero-order chi connectivity index (χ0) is 17.3. The normalized spacial score (nSPS) is 13.0. The molecule has 0 amide bonds. The minimum absolute atomic E-state index is 0. The molecule has 0 unspecified atom stereocenters. The van der Waals surface area contributed by atoms with Crippen molar-refractivity contribution in [3.05, 3.63) is 48.4 Å². The van der Waals surface area contributed by atoms with Crippen LogP contribution in [0.25, 0.3) is 22.6 Å². The Hall–Kier alpha value is -2.42. The fraction of sp³-hybridized carbons (Fsp3) is 0.333. The molecule has 0 radical (unpaired) electrons. The molecule has 0 aliphatic carbocycles. The maximum Gasteiger partial charge on any atom is 0.160 e. The monoisotopic (exact) mass is 420 g/mol. The predicted molar refractivity (Wildman–Crippen MR) is 112 cm³/mol. The van der Waals surface area contributed by atoms with E-state index in [2.05, 4.69) is 42.0 Å². The molecule has 0 fully saturated rings. The Morgan fingerprint density at radius 3 is 2.89 bits per heavy atom. The third-order valence-corrected chi connectivity index (χ3v) is 4.80. The molecular formula is C18H22Cl2N8. The van der Waals surface area contributed by atoms with E-state index >= 15 is 0 Å². The van der Waals surface area contributed by atoms with Gasteiger partial charge in [0.05, 0.1) is 17.8 Å². The average molecular weight is 421 g/mol. The van der Waals surface area contributed by atoms with E-state index < -0.39 is 0 Å². The molecule has 5 rings (SSSR count). The number of rotatable bonds is 5. The summed E-state index contributed by atoms with van der Waals surface area (Å²) in [5.41, 5.74) is 4.18. The lowest BCUT2D eigenvalue weighted by Crippen LogP contribution is -2.28. The Bertz CT molecular complexity index is 1030. The molecule has 3 aromatic heterocycles. The van der Waals surface area contributed by atoms with Crippen LogP contribution >= 0.6 is 24.8 Å². The summed E-state index contributed by atoms with van der Waals surface area (Å²) >= 11 is 0. The van der Waals surface area contributed by atoms with Gasteiger partial charge in [-0.25, -0.2) is 9.67 Å². The first-order valence-electron chi connectivity index (χ1n) is 8.96. The number of hydrogen-bond donors (Lipinski definition) is 1. The number of hydrogen-bond acceptors (Lipinski definition) is 5. The van der Waals surface area contributed by atoms with E-state index in [-0.39, 0.29) is 24.8 Å². The fourth-order valence-electron chi connectivity index (χ4n) is 3.50. The Labute approximate surface area is 174 Å². The summed E-state index contributed by atoms with van der Waals surface area (Å²) in [6.07, 6.45) is 4.81. The highest BCUT2D eigenvalue weighted by Crippen LogP contribution is 2.19. The number of halogens is 2. The zero-order valence-corrected chi connectivity index (χ0v) is 16.9. The summed E-state index contributed by atoms with van der Waals surface area (Å²) in [6.45, 7) is 4.43. The molecule has 0 saturated carbocycles. The first-order chi connectivity index (χ1) is 12.9. The molecule has 0 spiro atoms. The van der Waals surface area contributed by atoms with Crippen molar-refractivity contribution >= 4 is 35.8 Å². The van der Waals surface area contributed by atoms with Gasteiger partial charge in [-0.1, -0.05) is 17.3 Å². The highest BCUT2D eigenvalue weighted by atomic mass is 35.5. The first-order valence-corrected chi connectivity index (χ1v) is 8.96. The van der Waals surface area contributed by atoms with Crippen molar-refractivity contribution in [2.75, 3.05) is 6.54 Å². The summed E-state index contributed by atoms with van der Waals surface area (Å²) in [6, 6.07) is 10.2. The second kappa shape index (κ2) is 8.72. The van der Waals surface area contributed by atoms with Gasteiger partial charge in [0.25, 0.3) is 0 Å². The topological polar surface area (TPSA) is 78.4 Å². The van der Waals surface area contributed by atoms with Gasteiger partial charge in [0.1, 0.15) is 11.2 Å². The summed E-state index contributed by atoms with van der Waals surface area (Å²) in [5, 5.41) is 16.6. The maximum atomic E-state index is 4.72. The van der Waals surface area contributed by atoms with Crippen LogP contribution in [0.4, 0.5) is 0 Å². The quantitative estimate of drug-likeness (QED) is 0.536. The molecule has 1 aliphatic heterocycles. The lowest BCUT2D eigenvalue weighted by Gasteiger charge is -2.13. The van der Waals surface area contributed by atoms with Crippen LogP contribution in [-0.2, 0) is 26.2 Å². The summed E-state index contributed by atoms with van der Waals surface area (Å²) in [5.74, 6) is 0.926. The van der Waals surface area contributed by atoms with Crippen LogP contribution in [0.5, 0.6) is 0 Å². The Morgan fingerprint density at radius 2 is 2.00 bits per heavy atom. The predicted octanol–water partition coefficient (Wildman–Crippen LogP) is 2.53. The van der Waals surface area contributed by atoms with E-state index in [9.17, 15) is 0 Å². The van der Waals surface area contributed by atoms with Crippen molar-refractivity contribution < 1.29 is 0 Å². The minimum atomic E-state index is 0. The third-order valence-electron chi connectivity index (χ3n) is 4.80. The van der Waals surface area contributed by atoms with Crippen LogP contribution < -0.4 is 5.32 Å². The number of aromatic nitrogens is 7. The Kier molecular flexibility index (Phi) is 6.33. The van der Waals surface area contributed by atoms with Crippen molar-refractivity contribution in [1.82, 2.24) is 39.6 Å². The van der Waals surface area contributed by atoms with E-state index in [1.54, 1.807) is 0 Å². The summed E-state index contributed by atoms with van der Waals surface area (Å²) in [7, 11) is 0. The van der Waals surface area contributed by atoms with Gasteiger partial charge >= 0.3 is 0 Å². The lowest BCUT2D eigenvalue weighted by atomic mass is 10.3. The molecule has 28 heavy (non-hydrogen) atoms. The number of para-hydroxylation sites is 1.